The molecule has 0 saturated heterocycles. The average Bonchev–Trinajstić information content (AvgIpc) is 2.89. The minimum absolute atomic E-state index is 0.0387. The second-order valence-corrected chi connectivity index (χ2v) is 6.23. The van der Waals surface area contributed by atoms with Crippen LogP contribution < -0.4 is 5.32 Å². The van der Waals surface area contributed by atoms with Crippen molar-refractivity contribution in [1.82, 2.24) is 15.1 Å². The molecular weight excluding hydrogens is 314 g/mol. The molecule has 0 unspecified atom stereocenters. The van der Waals surface area contributed by atoms with E-state index in [1.807, 2.05) is 38.1 Å². The molecule has 1 amide bonds. The normalized spacial score (nSPS) is 10.5. The zero-order chi connectivity index (χ0) is 16.8. The summed E-state index contributed by atoms with van der Waals surface area (Å²) in [5.74, 6) is -0.518. The van der Waals surface area contributed by atoms with E-state index in [4.69, 9.17) is 5.11 Å². The molecule has 0 aliphatic heterocycles. The Balaban J connectivity index is 1.96. The van der Waals surface area contributed by atoms with E-state index < -0.39 is 5.97 Å². The fraction of sp³-hybridized carbons (Fsp3) is 0.312. The van der Waals surface area contributed by atoms with E-state index in [1.54, 1.807) is 10.7 Å². The van der Waals surface area contributed by atoms with Crippen molar-refractivity contribution in [3.63, 3.8) is 0 Å². The molecule has 6 nitrogen and oxygen atoms in total. The summed E-state index contributed by atoms with van der Waals surface area (Å²) in [4.78, 5) is 22.5. The number of benzene rings is 1. The molecule has 0 fully saturated rings. The number of rotatable bonds is 7. The summed E-state index contributed by atoms with van der Waals surface area (Å²) >= 11 is 1.27. The predicted octanol–water partition coefficient (Wildman–Crippen LogP) is 2.04. The highest BCUT2D eigenvalue weighted by molar-refractivity contribution is 7.99. The lowest BCUT2D eigenvalue weighted by atomic mass is 10.2. The second-order valence-electron chi connectivity index (χ2n) is 5.12. The summed E-state index contributed by atoms with van der Waals surface area (Å²) < 4.78 is 1.73. The van der Waals surface area contributed by atoms with E-state index in [9.17, 15) is 9.59 Å². The van der Waals surface area contributed by atoms with Gasteiger partial charge in [0.05, 0.1) is 11.4 Å². The number of nitrogens with zero attached hydrogens (tertiary/aromatic N) is 2. The van der Waals surface area contributed by atoms with Crippen LogP contribution in [0.15, 0.2) is 30.3 Å². The minimum atomic E-state index is -0.853. The molecule has 1 aromatic carbocycles. The molecule has 0 radical (unpaired) electrons. The summed E-state index contributed by atoms with van der Waals surface area (Å²) in [5, 5.41) is 15.6. The monoisotopic (exact) mass is 333 g/mol. The lowest BCUT2D eigenvalue weighted by molar-refractivity contribution is -0.133. The van der Waals surface area contributed by atoms with Gasteiger partial charge in [0.1, 0.15) is 0 Å². The third kappa shape index (κ3) is 4.85. The summed E-state index contributed by atoms with van der Waals surface area (Å²) in [6, 6.07) is 9.64. The van der Waals surface area contributed by atoms with Crippen LogP contribution in [-0.2, 0) is 4.79 Å². The number of carboxylic acids is 1. The van der Waals surface area contributed by atoms with Crippen molar-refractivity contribution < 1.29 is 14.7 Å². The number of carbonyl (C=O) groups is 2. The van der Waals surface area contributed by atoms with Gasteiger partial charge >= 0.3 is 5.97 Å². The summed E-state index contributed by atoms with van der Waals surface area (Å²) in [7, 11) is 0. The lowest BCUT2D eigenvalue weighted by Crippen LogP contribution is -2.26. The Hall–Kier alpha value is -2.28. The van der Waals surface area contributed by atoms with E-state index in [0.717, 1.165) is 16.9 Å². The summed E-state index contributed by atoms with van der Waals surface area (Å²) in [6.07, 6.45) is 0. The van der Waals surface area contributed by atoms with Gasteiger partial charge in [-0.2, -0.15) is 5.10 Å². The molecule has 0 saturated carbocycles. The van der Waals surface area contributed by atoms with Crippen LogP contribution in [0.1, 0.15) is 21.7 Å². The quantitative estimate of drug-likeness (QED) is 0.758. The van der Waals surface area contributed by atoms with Gasteiger partial charge in [-0.3, -0.25) is 9.59 Å². The first-order valence-corrected chi connectivity index (χ1v) is 8.34. The molecule has 7 heteroatoms. The maximum atomic E-state index is 12.1. The number of thioether (sulfide) groups is 1. The Morgan fingerprint density at radius 1 is 1.26 bits per heavy atom. The molecule has 2 aromatic rings. The number of nitrogens with one attached hydrogen (secondary N) is 1. The smallest absolute Gasteiger partial charge is 0.313 e. The van der Waals surface area contributed by atoms with Crippen LogP contribution in [0.2, 0.25) is 0 Å². The third-order valence-corrected chi connectivity index (χ3v) is 4.10. The molecule has 0 aliphatic carbocycles. The van der Waals surface area contributed by atoms with Crippen molar-refractivity contribution in [3.05, 3.63) is 47.3 Å². The standard InChI is InChI=1S/C16H19N3O3S/c1-11-3-5-13(6-4-11)19-12(2)9-14(18-19)16(22)17-7-8-23-10-15(20)21/h3-6,9H,7-8,10H2,1-2H3,(H,17,22)(H,20,21). The molecule has 0 spiro atoms. The first-order chi connectivity index (χ1) is 11.0. The van der Waals surface area contributed by atoms with Crippen molar-refractivity contribution in [1.29, 1.82) is 0 Å². The number of aryl methyl sites for hydroxylation is 2. The number of hydrogen-bond acceptors (Lipinski definition) is 4. The van der Waals surface area contributed by atoms with E-state index in [-0.39, 0.29) is 11.7 Å². The molecular formula is C16H19N3O3S. The molecule has 0 aliphatic rings. The number of amides is 1. The van der Waals surface area contributed by atoms with Gasteiger partial charge in [0.15, 0.2) is 5.69 Å². The van der Waals surface area contributed by atoms with Crippen molar-refractivity contribution in [2.75, 3.05) is 18.1 Å². The van der Waals surface area contributed by atoms with Crippen LogP contribution in [0.25, 0.3) is 5.69 Å². The van der Waals surface area contributed by atoms with Gasteiger partial charge in [-0.05, 0) is 32.0 Å². The van der Waals surface area contributed by atoms with E-state index in [1.165, 1.54) is 11.8 Å². The summed E-state index contributed by atoms with van der Waals surface area (Å²) in [6.45, 7) is 4.32. The van der Waals surface area contributed by atoms with Crippen LogP contribution in [0.4, 0.5) is 0 Å². The highest BCUT2D eigenvalue weighted by Gasteiger charge is 2.12. The van der Waals surface area contributed by atoms with Gasteiger partial charge < -0.3 is 10.4 Å². The first kappa shape index (κ1) is 17.1. The van der Waals surface area contributed by atoms with Gasteiger partial charge in [-0.1, -0.05) is 17.7 Å². The highest BCUT2D eigenvalue weighted by Crippen LogP contribution is 2.13. The SMILES string of the molecule is Cc1ccc(-n2nc(C(=O)NCCSCC(=O)O)cc2C)cc1. The lowest BCUT2D eigenvalue weighted by Gasteiger charge is -2.04. The minimum Gasteiger partial charge on any atom is -0.481 e. The van der Waals surface area contributed by atoms with Gasteiger partial charge in [-0.15, -0.1) is 11.8 Å². The van der Waals surface area contributed by atoms with Crippen LogP contribution in [0.3, 0.4) is 0 Å². The van der Waals surface area contributed by atoms with Crippen LogP contribution in [0, 0.1) is 13.8 Å². The molecule has 2 N–H and O–H groups in total. The average molecular weight is 333 g/mol. The molecule has 0 bridgehead atoms. The van der Waals surface area contributed by atoms with Gasteiger partial charge in [0, 0.05) is 18.0 Å². The molecule has 23 heavy (non-hydrogen) atoms. The second kappa shape index (κ2) is 7.82. The van der Waals surface area contributed by atoms with Gasteiger partial charge in [0.25, 0.3) is 5.91 Å². The molecule has 2 rings (SSSR count). The van der Waals surface area contributed by atoms with Crippen LogP contribution >= 0.6 is 11.8 Å². The largest absolute Gasteiger partial charge is 0.481 e. The Labute approximate surface area is 138 Å². The number of carbonyl (C=O) groups excluding carboxylic acids is 1. The topological polar surface area (TPSA) is 84.2 Å². The van der Waals surface area contributed by atoms with E-state index >= 15 is 0 Å². The Kier molecular flexibility index (Phi) is 5.81. The van der Waals surface area contributed by atoms with Crippen LogP contribution in [-0.4, -0.2) is 44.8 Å². The number of carboxylic acid groups (broad SMARTS) is 1. The molecule has 1 aromatic heterocycles. The number of aliphatic carboxylic acids is 1. The Bertz CT molecular complexity index is 695. The fourth-order valence-corrected chi connectivity index (χ4v) is 2.58. The van der Waals surface area contributed by atoms with Gasteiger partial charge in [0.2, 0.25) is 0 Å². The van der Waals surface area contributed by atoms with Crippen molar-refractivity contribution in [2.24, 2.45) is 0 Å². The van der Waals surface area contributed by atoms with Crippen LogP contribution in [0.5, 0.6) is 0 Å². The number of aromatic nitrogens is 2. The Morgan fingerprint density at radius 3 is 2.61 bits per heavy atom. The third-order valence-electron chi connectivity index (χ3n) is 3.16. The highest BCUT2D eigenvalue weighted by atomic mass is 32.2. The van der Waals surface area contributed by atoms with Gasteiger partial charge in [-0.25, -0.2) is 4.68 Å². The molecule has 122 valence electrons. The van der Waals surface area contributed by atoms with Crippen molar-refractivity contribution >= 4 is 23.6 Å². The molecule has 0 atom stereocenters. The maximum Gasteiger partial charge on any atom is 0.313 e. The number of hydrogen-bond donors (Lipinski definition) is 2. The molecule has 1 heterocycles. The predicted molar refractivity (Wildman–Crippen MR) is 90.3 cm³/mol. The maximum absolute atomic E-state index is 12.1. The van der Waals surface area contributed by atoms with E-state index in [2.05, 4.69) is 10.4 Å². The first-order valence-electron chi connectivity index (χ1n) is 7.19. The summed E-state index contributed by atoms with van der Waals surface area (Å²) in [5.41, 5.74) is 3.30. The Morgan fingerprint density at radius 2 is 1.96 bits per heavy atom. The zero-order valence-corrected chi connectivity index (χ0v) is 13.9. The zero-order valence-electron chi connectivity index (χ0n) is 13.1. The van der Waals surface area contributed by atoms with Crippen molar-refractivity contribution in [3.8, 4) is 5.69 Å². The van der Waals surface area contributed by atoms with Crippen molar-refractivity contribution in [2.45, 2.75) is 13.8 Å². The fourth-order valence-electron chi connectivity index (χ4n) is 2.02. The van der Waals surface area contributed by atoms with E-state index in [0.29, 0.717) is 18.0 Å².